The highest BCUT2D eigenvalue weighted by atomic mass is 32.2. The van der Waals surface area contributed by atoms with Crippen molar-refractivity contribution in [3.8, 4) is 0 Å². The SMILES string of the molecule is CNC(=O)C(CNN)SC. The molecule has 0 heterocycles. The predicted octanol–water partition coefficient (Wildman–Crippen LogP) is -1.07. The van der Waals surface area contributed by atoms with Gasteiger partial charge in [0.05, 0.1) is 5.25 Å². The van der Waals surface area contributed by atoms with Crippen molar-refractivity contribution >= 4 is 17.7 Å². The third kappa shape index (κ3) is 3.05. The standard InChI is InChI=1S/C5H13N3OS/c1-7-5(9)4(10-2)3-8-6/h4,8H,3,6H2,1-2H3,(H,7,9). The number of nitrogens with two attached hydrogens (primary N) is 1. The quantitative estimate of drug-likeness (QED) is 0.364. The first-order chi connectivity index (χ1) is 4.76. The molecule has 4 N–H and O–H groups in total. The zero-order valence-electron chi connectivity index (χ0n) is 6.18. The number of carbonyl (C=O) groups is 1. The molecule has 0 aromatic carbocycles. The van der Waals surface area contributed by atoms with Crippen molar-refractivity contribution < 1.29 is 4.79 Å². The van der Waals surface area contributed by atoms with Gasteiger partial charge in [0.25, 0.3) is 0 Å². The molecule has 0 spiro atoms. The molecule has 0 aliphatic carbocycles. The van der Waals surface area contributed by atoms with E-state index in [1.807, 2.05) is 6.26 Å². The molecule has 0 aliphatic rings. The Morgan fingerprint density at radius 3 is 2.70 bits per heavy atom. The topological polar surface area (TPSA) is 67.2 Å². The fraction of sp³-hybridized carbons (Fsp3) is 0.800. The van der Waals surface area contributed by atoms with E-state index < -0.39 is 0 Å². The van der Waals surface area contributed by atoms with Crippen LogP contribution in [0.2, 0.25) is 0 Å². The van der Waals surface area contributed by atoms with E-state index in [1.54, 1.807) is 7.05 Å². The molecule has 1 atom stereocenters. The van der Waals surface area contributed by atoms with Gasteiger partial charge in [-0.3, -0.25) is 16.1 Å². The van der Waals surface area contributed by atoms with Crippen LogP contribution in [0.25, 0.3) is 0 Å². The summed E-state index contributed by atoms with van der Waals surface area (Å²) in [4.78, 5) is 10.9. The van der Waals surface area contributed by atoms with E-state index in [4.69, 9.17) is 5.84 Å². The smallest absolute Gasteiger partial charge is 0.234 e. The highest BCUT2D eigenvalue weighted by molar-refractivity contribution is 7.99. The maximum atomic E-state index is 10.9. The first-order valence-corrected chi connectivity index (χ1v) is 4.23. The maximum Gasteiger partial charge on any atom is 0.234 e. The number of hydrogen-bond donors (Lipinski definition) is 3. The normalized spacial score (nSPS) is 12.7. The third-order valence-corrected chi connectivity index (χ3v) is 2.08. The molecular weight excluding hydrogens is 150 g/mol. The minimum absolute atomic E-state index is 0.00505. The molecule has 0 bridgehead atoms. The summed E-state index contributed by atoms with van der Waals surface area (Å²) in [5, 5.41) is 2.46. The third-order valence-electron chi connectivity index (χ3n) is 1.13. The summed E-state index contributed by atoms with van der Waals surface area (Å²) >= 11 is 1.47. The van der Waals surface area contributed by atoms with E-state index in [2.05, 4.69) is 10.7 Å². The van der Waals surface area contributed by atoms with E-state index in [1.165, 1.54) is 11.8 Å². The van der Waals surface area contributed by atoms with Crippen molar-refractivity contribution in [2.24, 2.45) is 5.84 Å². The molecule has 0 saturated heterocycles. The van der Waals surface area contributed by atoms with Crippen LogP contribution in [-0.2, 0) is 4.79 Å². The summed E-state index contributed by atoms with van der Waals surface area (Å²) in [6, 6.07) is 0. The average Bonchev–Trinajstić information content (AvgIpc) is 1.99. The Morgan fingerprint density at radius 2 is 2.40 bits per heavy atom. The molecule has 0 aromatic rings. The van der Waals surface area contributed by atoms with Crippen molar-refractivity contribution in [2.45, 2.75) is 5.25 Å². The number of nitrogens with one attached hydrogen (secondary N) is 2. The highest BCUT2D eigenvalue weighted by Gasteiger charge is 2.13. The molecule has 60 valence electrons. The van der Waals surface area contributed by atoms with Crippen LogP contribution in [0.15, 0.2) is 0 Å². The van der Waals surface area contributed by atoms with Crippen molar-refractivity contribution in [3.63, 3.8) is 0 Å². The first kappa shape index (κ1) is 9.74. The number of rotatable bonds is 4. The number of carbonyl (C=O) groups excluding carboxylic acids is 1. The van der Waals surface area contributed by atoms with Crippen molar-refractivity contribution in [2.75, 3.05) is 19.8 Å². The van der Waals surface area contributed by atoms with Crippen LogP contribution >= 0.6 is 11.8 Å². The molecule has 4 nitrogen and oxygen atoms in total. The number of hydrazine groups is 1. The lowest BCUT2D eigenvalue weighted by atomic mass is 10.4. The molecule has 0 radical (unpaired) electrons. The zero-order valence-corrected chi connectivity index (χ0v) is 6.99. The van der Waals surface area contributed by atoms with E-state index in [0.29, 0.717) is 6.54 Å². The Balaban J connectivity index is 3.68. The molecule has 0 saturated carbocycles. The molecule has 0 fully saturated rings. The largest absolute Gasteiger partial charge is 0.358 e. The van der Waals surface area contributed by atoms with Crippen LogP contribution in [0.4, 0.5) is 0 Å². The van der Waals surface area contributed by atoms with E-state index in [-0.39, 0.29) is 11.2 Å². The number of thioether (sulfide) groups is 1. The van der Waals surface area contributed by atoms with Crippen LogP contribution in [0.3, 0.4) is 0 Å². The van der Waals surface area contributed by atoms with Crippen LogP contribution < -0.4 is 16.6 Å². The Labute approximate surface area is 64.9 Å². The lowest BCUT2D eigenvalue weighted by molar-refractivity contribution is -0.120. The molecule has 10 heavy (non-hydrogen) atoms. The van der Waals surface area contributed by atoms with Crippen LogP contribution in [0.5, 0.6) is 0 Å². The van der Waals surface area contributed by atoms with Gasteiger partial charge in [-0.1, -0.05) is 0 Å². The van der Waals surface area contributed by atoms with E-state index in [0.717, 1.165) is 0 Å². The molecule has 0 aliphatic heterocycles. The van der Waals surface area contributed by atoms with Crippen LogP contribution in [0, 0.1) is 0 Å². The monoisotopic (exact) mass is 163 g/mol. The predicted molar refractivity (Wildman–Crippen MR) is 43.6 cm³/mol. The minimum atomic E-state index is -0.0880. The summed E-state index contributed by atoms with van der Waals surface area (Å²) < 4.78 is 0. The second kappa shape index (κ2) is 5.52. The minimum Gasteiger partial charge on any atom is -0.358 e. The summed E-state index contributed by atoms with van der Waals surface area (Å²) in [5.41, 5.74) is 2.45. The summed E-state index contributed by atoms with van der Waals surface area (Å²) in [7, 11) is 1.61. The highest BCUT2D eigenvalue weighted by Crippen LogP contribution is 2.03. The van der Waals surface area contributed by atoms with Gasteiger partial charge in [0.1, 0.15) is 0 Å². The van der Waals surface area contributed by atoms with Gasteiger partial charge in [0, 0.05) is 13.6 Å². The summed E-state index contributed by atoms with van der Waals surface area (Å²) in [6.45, 7) is 0.501. The molecule has 1 unspecified atom stereocenters. The van der Waals surface area contributed by atoms with Crippen molar-refractivity contribution in [3.05, 3.63) is 0 Å². The van der Waals surface area contributed by atoms with Gasteiger partial charge in [0.2, 0.25) is 5.91 Å². The molecule has 1 amide bonds. The summed E-state index contributed by atoms with van der Waals surface area (Å²) in [6.07, 6.45) is 1.87. The first-order valence-electron chi connectivity index (χ1n) is 2.94. The van der Waals surface area contributed by atoms with Gasteiger partial charge in [-0.15, -0.1) is 0 Å². The average molecular weight is 163 g/mol. The zero-order chi connectivity index (χ0) is 7.98. The molecule has 0 aromatic heterocycles. The van der Waals surface area contributed by atoms with Gasteiger partial charge in [-0.05, 0) is 6.26 Å². The Morgan fingerprint density at radius 1 is 1.80 bits per heavy atom. The van der Waals surface area contributed by atoms with Crippen molar-refractivity contribution in [1.29, 1.82) is 0 Å². The Hall–Kier alpha value is -0.260. The van der Waals surface area contributed by atoms with Gasteiger partial charge < -0.3 is 5.32 Å². The number of hydrogen-bond acceptors (Lipinski definition) is 4. The van der Waals surface area contributed by atoms with Crippen LogP contribution in [-0.4, -0.2) is 31.0 Å². The molecule has 0 rings (SSSR count). The Bertz CT molecular complexity index is 109. The van der Waals surface area contributed by atoms with Crippen LogP contribution in [0.1, 0.15) is 0 Å². The van der Waals surface area contributed by atoms with Gasteiger partial charge in [-0.25, -0.2) is 0 Å². The van der Waals surface area contributed by atoms with Gasteiger partial charge in [0.15, 0.2) is 0 Å². The second-order valence-corrected chi connectivity index (χ2v) is 2.79. The lowest BCUT2D eigenvalue weighted by Crippen LogP contribution is -2.39. The van der Waals surface area contributed by atoms with Gasteiger partial charge in [-0.2, -0.15) is 11.8 Å². The van der Waals surface area contributed by atoms with Crippen molar-refractivity contribution in [1.82, 2.24) is 10.7 Å². The number of amides is 1. The molecular formula is C5H13N3OS. The summed E-state index contributed by atoms with van der Waals surface area (Å²) in [5.74, 6) is 5.06. The maximum absolute atomic E-state index is 10.9. The van der Waals surface area contributed by atoms with E-state index in [9.17, 15) is 4.79 Å². The second-order valence-electron chi connectivity index (χ2n) is 1.75. The van der Waals surface area contributed by atoms with E-state index >= 15 is 0 Å². The fourth-order valence-electron chi connectivity index (χ4n) is 0.551. The van der Waals surface area contributed by atoms with Gasteiger partial charge >= 0.3 is 0 Å². The Kier molecular flexibility index (Phi) is 5.38. The fourth-order valence-corrected chi connectivity index (χ4v) is 1.15. The lowest BCUT2D eigenvalue weighted by Gasteiger charge is -2.10. The molecule has 5 heteroatoms.